The molecule has 6 nitrogen and oxygen atoms in total. The Labute approximate surface area is 123 Å². The normalized spacial score (nSPS) is 11.1. The van der Waals surface area contributed by atoms with Gasteiger partial charge in [0.1, 0.15) is 12.2 Å². The van der Waals surface area contributed by atoms with E-state index in [-0.39, 0.29) is 5.56 Å². The van der Waals surface area contributed by atoms with Gasteiger partial charge in [0.15, 0.2) is 0 Å². The Kier molecular flexibility index (Phi) is 3.35. The minimum absolute atomic E-state index is 0.0758. The molecule has 102 valence electrons. The van der Waals surface area contributed by atoms with E-state index in [0.717, 1.165) is 16.8 Å². The fraction of sp³-hybridized carbons (Fsp3) is 0.231. The number of halogens is 1. The molecule has 1 aromatic carbocycles. The van der Waals surface area contributed by atoms with Gasteiger partial charge in [-0.1, -0.05) is 15.9 Å². The van der Waals surface area contributed by atoms with Crippen LogP contribution in [0.4, 0.5) is 0 Å². The first kappa shape index (κ1) is 13.0. The summed E-state index contributed by atoms with van der Waals surface area (Å²) < 4.78 is 4.21. The summed E-state index contributed by atoms with van der Waals surface area (Å²) in [5.74, 6) is 0.743. The predicted molar refractivity (Wildman–Crippen MR) is 78.5 cm³/mol. The zero-order valence-corrected chi connectivity index (χ0v) is 12.4. The van der Waals surface area contributed by atoms with Crippen molar-refractivity contribution in [2.45, 2.75) is 20.0 Å². The molecule has 0 radical (unpaired) electrons. The Hall–Kier alpha value is -2.02. The largest absolute Gasteiger partial charge is 0.291 e. The topological polar surface area (TPSA) is 65.6 Å². The van der Waals surface area contributed by atoms with E-state index >= 15 is 0 Å². The summed E-state index contributed by atoms with van der Waals surface area (Å²) in [4.78, 5) is 20.9. The Balaban J connectivity index is 2.07. The first-order valence-corrected chi connectivity index (χ1v) is 6.99. The SMILES string of the molecule is CCn1ncnc1Cn1cnc2cc(Br)ccc2c1=O. The molecule has 0 saturated heterocycles. The quantitative estimate of drug-likeness (QED) is 0.733. The van der Waals surface area contributed by atoms with Crippen LogP contribution in [0.1, 0.15) is 12.7 Å². The van der Waals surface area contributed by atoms with Gasteiger partial charge in [0, 0.05) is 11.0 Å². The van der Waals surface area contributed by atoms with Crippen LogP contribution in [-0.4, -0.2) is 24.3 Å². The molecule has 0 bridgehead atoms. The molecule has 3 rings (SSSR count). The molecule has 2 heterocycles. The number of rotatable bonds is 3. The summed E-state index contributed by atoms with van der Waals surface area (Å²) in [5, 5.41) is 4.69. The van der Waals surface area contributed by atoms with Crippen LogP contribution in [0.3, 0.4) is 0 Å². The molecule has 0 unspecified atom stereocenters. The number of nitrogens with zero attached hydrogens (tertiary/aromatic N) is 5. The van der Waals surface area contributed by atoms with Gasteiger partial charge in [0.2, 0.25) is 0 Å². The Morgan fingerprint density at radius 1 is 1.30 bits per heavy atom. The lowest BCUT2D eigenvalue weighted by atomic mass is 10.2. The number of hydrogen-bond acceptors (Lipinski definition) is 4. The zero-order valence-electron chi connectivity index (χ0n) is 10.8. The molecule has 2 aromatic heterocycles. The lowest BCUT2D eigenvalue weighted by Gasteiger charge is -2.07. The van der Waals surface area contributed by atoms with Gasteiger partial charge in [0.25, 0.3) is 5.56 Å². The van der Waals surface area contributed by atoms with Crippen molar-refractivity contribution >= 4 is 26.8 Å². The van der Waals surface area contributed by atoms with Crippen molar-refractivity contribution < 1.29 is 0 Å². The van der Waals surface area contributed by atoms with Gasteiger partial charge in [0.05, 0.1) is 23.8 Å². The van der Waals surface area contributed by atoms with Crippen molar-refractivity contribution in [2.24, 2.45) is 0 Å². The van der Waals surface area contributed by atoms with E-state index in [4.69, 9.17) is 0 Å². The summed E-state index contributed by atoms with van der Waals surface area (Å²) in [5.41, 5.74) is 0.603. The van der Waals surface area contributed by atoms with Crippen molar-refractivity contribution in [2.75, 3.05) is 0 Å². The monoisotopic (exact) mass is 333 g/mol. The average molecular weight is 334 g/mol. The van der Waals surface area contributed by atoms with Crippen molar-refractivity contribution in [3.05, 3.63) is 51.5 Å². The first-order chi connectivity index (χ1) is 9.69. The van der Waals surface area contributed by atoms with Crippen LogP contribution in [0.5, 0.6) is 0 Å². The highest BCUT2D eigenvalue weighted by molar-refractivity contribution is 9.10. The minimum Gasteiger partial charge on any atom is -0.291 e. The highest BCUT2D eigenvalue weighted by Gasteiger charge is 2.08. The van der Waals surface area contributed by atoms with Gasteiger partial charge < -0.3 is 0 Å². The van der Waals surface area contributed by atoms with Crippen LogP contribution in [0.15, 0.2) is 40.1 Å². The van der Waals surface area contributed by atoms with Crippen LogP contribution in [0, 0.1) is 0 Å². The Morgan fingerprint density at radius 2 is 2.15 bits per heavy atom. The minimum atomic E-state index is -0.0758. The molecule has 0 aliphatic heterocycles. The molecule has 0 fully saturated rings. The zero-order chi connectivity index (χ0) is 14.1. The maximum atomic E-state index is 12.4. The third kappa shape index (κ3) is 2.24. The second kappa shape index (κ2) is 5.16. The molecule has 0 amide bonds. The van der Waals surface area contributed by atoms with Gasteiger partial charge >= 0.3 is 0 Å². The molecule has 0 aliphatic rings. The molecule has 3 aromatic rings. The second-order valence-electron chi connectivity index (χ2n) is 4.33. The van der Waals surface area contributed by atoms with E-state index in [1.54, 1.807) is 21.6 Å². The van der Waals surface area contributed by atoms with Gasteiger partial charge in [-0.15, -0.1) is 0 Å². The highest BCUT2D eigenvalue weighted by Crippen LogP contribution is 2.15. The molecule has 20 heavy (non-hydrogen) atoms. The van der Waals surface area contributed by atoms with Gasteiger partial charge in [-0.05, 0) is 25.1 Å². The fourth-order valence-electron chi connectivity index (χ4n) is 2.07. The second-order valence-corrected chi connectivity index (χ2v) is 5.25. The number of aryl methyl sites for hydroxylation is 1. The predicted octanol–water partition coefficient (Wildman–Crippen LogP) is 1.82. The lowest BCUT2D eigenvalue weighted by molar-refractivity contribution is 0.584. The fourth-order valence-corrected chi connectivity index (χ4v) is 2.42. The van der Waals surface area contributed by atoms with E-state index in [1.807, 2.05) is 19.1 Å². The lowest BCUT2D eigenvalue weighted by Crippen LogP contribution is -2.23. The summed E-state index contributed by atoms with van der Waals surface area (Å²) in [6.45, 7) is 3.07. The Bertz CT molecular complexity index is 823. The van der Waals surface area contributed by atoms with Crippen LogP contribution in [-0.2, 0) is 13.1 Å². The summed E-state index contributed by atoms with van der Waals surface area (Å²) in [6.07, 6.45) is 3.04. The number of hydrogen-bond donors (Lipinski definition) is 0. The van der Waals surface area contributed by atoms with Crippen LogP contribution in [0.2, 0.25) is 0 Å². The molecular formula is C13H12BrN5O. The molecule has 0 atom stereocenters. The summed E-state index contributed by atoms with van der Waals surface area (Å²) in [7, 11) is 0. The Morgan fingerprint density at radius 3 is 2.95 bits per heavy atom. The number of benzene rings is 1. The maximum absolute atomic E-state index is 12.4. The van der Waals surface area contributed by atoms with Crippen molar-refractivity contribution in [3.63, 3.8) is 0 Å². The van der Waals surface area contributed by atoms with Crippen LogP contribution >= 0.6 is 15.9 Å². The number of aromatic nitrogens is 5. The molecule has 0 saturated carbocycles. The van der Waals surface area contributed by atoms with Crippen molar-refractivity contribution in [3.8, 4) is 0 Å². The molecule has 0 spiro atoms. The summed E-state index contributed by atoms with van der Waals surface area (Å²) >= 11 is 3.37. The maximum Gasteiger partial charge on any atom is 0.261 e. The highest BCUT2D eigenvalue weighted by atomic mass is 79.9. The van der Waals surface area contributed by atoms with Crippen molar-refractivity contribution in [1.29, 1.82) is 0 Å². The number of fused-ring (bicyclic) bond motifs is 1. The molecular weight excluding hydrogens is 322 g/mol. The first-order valence-electron chi connectivity index (χ1n) is 6.20. The molecule has 0 N–H and O–H groups in total. The smallest absolute Gasteiger partial charge is 0.261 e. The standard InChI is InChI=1S/C13H12BrN5O/c1-2-19-12(15-7-17-19)6-18-8-16-11-5-9(14)3-4-10(11)13(18)20/h3-5,7-8H,2,6H2,1H3. The average Bonchev–Trinajstić information content (AvgIpc) is 2.89. The summed E-state index contributed by atoms with van der Waals surface area (Å²) in [6, 6.07) is 5.44. The van der Waals surface area contributed by atoms with Crippen LogP contribution in [0.25, 0.3) is 10.9 Å². The van der Waals surface area contributed by atoms with E-state index in [9.17, 15) is 4.79 Å². The molecule has 0 aliphatic carbocycles. The van der Waals surface area contributed by atoms with E-state index < -0.39 is 0 Å². The third-order valence-electron chi connectivity index (χ3n) is 3.09. The van der Waals surface area contributed by atoms with E-state index in [1.165, 1.54) is 6.33 Å². The van der Waals surface area contributed by atoms with Gasteiger partial charge in [-0.3, -0.25) is 9.36 Å². The van der Waals surface area contributed by atoms with E-state index in [0.29, 0.717) is 17.4 Å². The van der Waals surface area contributed by atoms with E-state index in [2.05, 4.69) is 31.0 Å². The van der Waals surface area contributed by atoms with Crippen molar-refractivity contribution in [1.82, 2.24) is 24.3 Å². The van der Waals surface area contributed by atoms with Crippen LogP contribution < -0.4 is 5.56 Å². The third-order valence-corrected chi connectivity index (χ3v) is 3.59. The molecule has 7 heteroatoms. The van der Waals surface area contributed by atoms with Gasteiger partial charge in [-0.2, -0.15) is 5.10 Å². The van der Waals surface area contributed by atoms with Gasteiger partial charge in [-0.25, -0.2) is 14.6 Å².